The second-order valence-corrected chi connectivity index (χ2v) is 1.35. The number of H-pyrrole nitrogens is 1. The van der Waals surface area contributed by atoms with E-state index >= 15 is 0 Å². The maximum atomic E-state index is 9.81. The van der Waals surface area contributed by atoms with Gasteiger partial charge in [0.1, 0.15) is 0 Å². The zero-order valence-electron chi connectivity index (χ0n) is 4.24. The van der Waals surface area contributed by atoms with E-state index in [4.69, 9.17) is 5.11 Å². The molecule has 0 aliphatic rings. The fourth-order valence-electron chi connectivity index (χ4n) is 0.394. The van der Waals surface area contributed by atoms with Gasteiger partial charge in [-0.25, -0.2) is 4.98 Å². The first-order chi connectivity index (χ1) is 4.20. The van der Waals surface area contributed by atoms with Crippen molar-refractivity contribution in [2.24, 2.45) is 0 Å². The van der Waals surface area contributed by atoms with Crippen LogP contribution in [0.2, 0.25) is 0 Å². The standard InChI is InChI=1S/C3H3N3O3/c7-2-1-4-3(5-2)6(8)9/h1,7H,(H,4,5). The number of nitrogens with one attached hydrogen (secondary N) is 1. The zero-order valence-corrected chi connectivity index (χ0v) is 4.24. The van der Waals surface area contributed by atoms with E-state index in [0.29, 0.717) is 0 Å². The number of aromatic nitrogens is 2. The zero-order chi connectivity index (χ0) is 6.85. The van der Waals surface area contributed by atoms with Gasteiger partial charge in [0, 0.05) is 0 Å². The number of hydrogen-bond acceptors (Lipinski definition) is 4. The lowest BCUT2D eigenvalue weighted by Gasteiger charge is -1.84. The monoisotopic (exact) mass is 129 g/mol. The van der Waals surface area contributed by atoms with Crippen LogP contribution in [0.4, 0.5) is 5.95 Å². The fraction of sp³-hybridized carbons (Fsp3) is 0. The van der Waals surface area contributed by atoms with Gasteiger partial charge in [0.05, 0.1) is 0 Å². The number of aromatic hydroxyl groups is 1. The summed E-state index contributed by atoms with van der Waals surface area (Å²) < 4.78 is 0. The Morgan fingerprint density at radius 2 is 2.56 bits per heavy atom. The predicted octanol–water partition coefficient (Wildman–Crippen LogP) is 0.0235. The molecule has 0 fully saturated rings. The van der Waals surface area contributed by atoms with E-state index in [1.54, 1.807) is 0 Å². The summed E-state index contributed by atoms with van der Waals surface area (Å²) in [7, 11) is 0. The highest BCUT2D eigenvalue weighted by Gasteiger charge is 2.07. The van der Waals surface area contributed by atoms with Crippen LogP contribution in [0.3, 0.4) is 0 Å². The summed E-state index contributed by atoms with van der Waals surface area (Å²) in [5.41, 5.74) is 0. The molecule has 1 aromatic rings. The molecular weight excluding hydrogens is 126 g/mol. The Morgan fingerprint density at radius 3 is 2.78 bits per heavy atom. The summed E-state index contributed by atoms with van der Waals surface area (Å²) in [6, 6.07) is 0. The highest BCUT2D eigenvalue weighted by atomic mass is 16.6. The van der Waals surface area contributed by atoms with Crippen molar-refractivity contribution in [2.45, 2.75) is 0 Å². The molecule has 0 bridgehead atoms. The summed E-state index contributed by atoms with van der Waals surface area (Å²) in [5.74, 6) is -0.755. The van der Waals surface area contributed by atoms with E-state index in [1.165, 1.54) is 0 Å². The molecular formula is C3H3N3O3. The molecule has 0 aromatic carbocycles. The van der Waals surface area contributed by atoms with Crippen molar-refractivity contribution in [1.82, 2.24) is 9.97 Å². The third-order valence-corrected chi connectivity index (χ3v) is 0.722. The molecule has 1 aromatic heterocycles. The van der Waals surface area contributed by atoms with Crippen LogP contribution in [-0.2, 0) is 0 Å². The lowest BCUT2D eigenvalue weighted by atomic mass is 10.9. The van der Waals surface area contributed by atoms with Gasteiger partial charge in [-0.1, -0.05) is 4.98 Å². The molecule has 6 heteroatoms. The van der Waals surface area contributed by atoms with Crippen molar-refractivity contribution in [1.29, 1.82) is 0 Å². The fourth-order valence-corrected chi connectivity index (χ4v) is 0.394. The first-order valence-corrected chi connectivity index (χ1v) is 2.08. The molecule has 2 N–H and O–H groups in total. The van der Waals surface area contributed by atoms with E-state index < -0.39 is 10.9 Å². The second kappa shape index (κ2) is 1.73. The molecule has 0 radical (unpaired) electrons. The Kier molecular flexibility index (Phi) is 1.07. The number of imidazole rings is 1. The van der Waals surface area contributed by atoms with E-state index in [2.05, 4.69) is 4.98 Å². The van der Waals surface area contributed by atoms with Crippen LogP contribution >= 0.6 is 0 Å². The minimum atomic E-state index is -0.722. The van der Waals surface area contributed by atoms with Crippen molar-refractivity contribution in [2.75, 3.05) is 0 Å². The van der Waals surface area contributed by atoms with E-state index in [9.17, 15) is 10.1 Å². The number of nitro groups is 1. The second-order valence-electron chi connectivity index (χ2n) is 1.35. The molecule has 0 saturated carbocycles. The quantitative estimate of drug-likeness (QED) is 0.413. The molecule has 48 valence electrons. The topological polar surface area (TPSA) is 92.1 Å². The molecule has 0 saturated heterocycles. The minimum Gasteiger partial charge on any atom is -0.481 e. The first kappa shape index (κ1) is 5.54. The SMILES string of the molecule is O=[N+]([O-])c1ncc(O)[nH]1. The Bertz CT molecular complexity index is 230. The lowest BCUT2D eigenvalue weighted by molar-refractivity contribution is -0.393. The Hall–Kier alpha value is -1.59. The lowest BCUT2D eigenvalue weighted by Crippen LogP contribution is -1.88. The van der Waals surface area contributed by atoms with E-state index in [0.717, 1.165) is 6.20 Å². The third-order valence-electron chi connectivity index (χ3n) is 0.722. The Morgan fingerprint density at radius 1 is 1.89 bits per heavy atom. The van der Waals surface area contributed by atoms with Gasteiger partial charge < -0.3 is 15.2 Å². The molecule has 1 heterocycles. The molecule has 0 amide bonds. The molecule has 0 spiro atoms. The summed E-state index contributed by atoms with van der Waals surface area (Å²) in [5, 5.41) is 18.3. The summed E-state index contributed by atoms with van der Waals surface area (Å²) in [6.07, 6.45) is 0.970. The summed E-state index contributed by atoms with van der Waals surface area (Å²) >= 11 is 0. The number of hydrogen-bond donors (Lipinski definition) is 2. The van der Waals surface area contributed by atoms with Gasteiger partial charge in [-0.15, -0.1) is 0 Å². The van der Waals surface area contributed by atoms with E-state index in [1.807, 2.05) is 4.98 Å². The van der Waals surface area contributed by atoms with Crippen molar-refractivity contribution >= 4 is 5.95 Å². The van der Waals surface area contributed by atoms with Crippen molar-refractivity contribution in [3.05, 3.63) is 16.3 Å². The molecule has 6 nitrogen and oxygen atoms in total. The highest BCUT2D eigenvalue weighted by Crippen LogP contribution is 2.08. The average molecular weight is 129 g/mol. The van der Waals surface area contributed by atoms with Gasteiger partial charge in [-0.05, 0) is 4.92 Å². The number of nitrogens with zero attached hydrogens (tertiary/aromatic N) is 2. The smallest absolute Gasteiger partial charge is 0.435 e. The number of aromatic amines is 1. The first-order valence-electron chi connectivity index (χ1n) is 2.08. The van der Waals surface area contributed by atoms with Gasteiger partial charge in [-0.3, -0.25) is 0 Å². The van der Waals surface area contributed by atoms with Crippen LogP contribution in [0, 0.1) is 10.1 Å². The van der Waals surface area contributed by atoms with Crippen molar-refractivity contribution in [3.8, 4) is 5.88 Å². The van der Waals surface area contributed by atoms with Crippen molar-refractivity contribution in [3.63, 3.8) is 0 Å². The van der Waals surface area contributed by atoms with Gasteiger partial charge >= 0.3 is 5.95 Å². The van der Waals surface area contributed by atoms with Crippen molar-refractivity contribution < 1.29 is 10.0 Å². The van der Waals surface area contributed by atoms with Crippen LogP contribution in [0.15, 0.2) is 6.20 Å². The van der Waals surface area contributed by atoms with Gasteiger partial charge in [-0.2, -0.15) is 0 Å². The van der Waals surface area contributed by atoms with Crippen LogP contribution < -0.4 is 0 Å². The van der Waals surface area contributed by atoms with Gasteiger partial charge in [0.2, 0.25) is 0 Å². The highest BCUT2D eigenvalue weighted by molar-refractivity contribution is 5.13. The van der Waals surface area contributed by atoms with Crippen LogP contribution in [0.25, 0.3) is 0 Å². The minimum absolute atomic E-state index is 0.304. The maximum absolute atomic E-state index is 9.81. The third kappa shape index (κ3) is 0.958. The summed E-state index contributed by atoms with van der Waals surface area (Å²) in [4.78, 5) is 14.3. The van der Waals surface area contributed by atoms with E-state index in [-0.39, 0.29) is 5.88 Å². The van der Waals surface area contributed by atoms with Crippen LogP contribution in [0.5, 0.6) is 5.88 Å². The molecule has 0 aliphatic carbocycles. The van der Waals surface area contributed by atoms with Gasteiger partial charge in [0.15, 0.2) is 6.20 Å². The molecule has 9 heavy (non-hydrogen) atoms. The van der Waals surface area contributed by atoms with Crippen LogP contribution in [0.1, 0.15) is 0 Å². The molecule has 0 unspecified atom stereocenters. The summed E-state index contributed by atoms with van der Waals surface area (Å²) in [6.45, 7) is 0. The molecule has 0 aliphatic heterocycles. The predicted molar refractivity (Wildman–Crippen MR) is 26.9 cm³/mol. The van der Waals surface area contributed by atoms with Crippen LogP contribution in [-0.4, -0.2) is 20.0 Å². The number of rotatable bonds is 1. The average Bonchev–Trinajstić information content (AvgIpc) is 2.14. The molecule has 0 atom stereocenters. The molecule has 1 rings (SSSR count). The Labute approximate surface area is 49.3 Å². The Balaban J connectivity index is 2.98. The normalized spacial score (nSPS) is 9.33. The maximum Gasteiger partial charge on any atom is 0.435 e. The van der Waals surface area contributed by atoms with Gasteiger partial charge in [0.25, 0.3) is 5.88 Å². The largest absolute Gasteiger partial charge is 0.481 e.